The van der Waals surface area contributed by atoms with Crippen LogP contribution in [0.3, 0.4) is 0 Å². The number of nitro groups is 1. The highest BCUT2D eigenvalue weighted by atomic mass is 19.1. The molecular formula is C12H11FN2O3. The Balaban J connectivity index is 3.20. The molecule has 0 bridgehead atoms. The van der Waals surface area contributed by atoms with Crippen molar-refractivity contribution in [3.05, 3.63) is 39.7 Å². The summed E-state index contributed by atoms with van der Waals surface area (Å²) in [6, 6.07) is 4.53. The number of carbonyl (C=O) groups is 1. The smallest absolute Gasteiger partial charge is 0.283 e. The molecule has 0 radical (unpaired) electrons. The number of hydrogen-bond donors (Lipinski definition) is 0. The standard InChI is InChI=1S/C12H11FN2O3/c1-2-3-8(7-14)12(16)10-5-4-9(13)6-11(10)15(17)18/h4-6,8H,2-3H2,1H3. The number of nitro benzene ring substituents is 1. The summed E-state index contributed by atoms with van der Waals surface area (Å²) in [5.41, 5.74) is -0.822. The molecule has 94 valence electrons. The summed E-state index contributed by atoms with van der Waals surface area (Å²) in [5, 5.41) is 19.6. The van der Waals surface area contributed by atoms with Crippen LogP contribution >= 0.6 is 0 Å². The fraction of sp³-hybridized carbons (Fsp3) is 0.333. The van der Waals surface area contributed by atoms with Gasteiger partial charge in [-0.1, -0.05) is 13.3 Å². The number of nitriles is 1. The Labute approximate surface area is 103 Å². The van der Waals surface area contributed by atoms with Gasteiger partial charge in [0.1, 0.15) is 11.7 Å². The van der Waals surface area contributed by atoms with Crippen LogP contribution in [0.1, 0.15) is 30.1 Å². The molecule has 1 aromatic carbocycles. The van der Waals surface area contributed by atoms with E-state index in [1.54, 1.807) is 6.92 Å². The molecule has 1 rings (SSSR count). The van der Waals surface area contributed by atoms with E-state index in [0.717, 1.165) is 12.1 Å². The van der Waals surface area contributed by atoms with Gasteiger partial charge in [0.15, 0.2) is 5.78 Å². The summed E-state index contributed by atoms with van der Waals surface area (Å²) in [7, 11) is 0. The van der Waals surface area contributed by atoms with E-state index in [4.69, 9.17) is 5.26 Å². The molecule has 0 N–H and O–H groups in total. The summed E-state index contributed by atoms with van der Waals surface area (Å²) >= 11 is 0. The molecule has 0 aliphatic rings. The monoisotopic (exact) mass is 250 g/mol. The van der Waals surface area contributed by atoms with Crippen molar-refractivity contribution in [1.82, 2.24) is 0 Å². The highest BCUT2D eigenvalue weighted by molar-refractivity contribution is 6.02. The number of carbonyl (C=O) groups excluding carboxylic acids is 1. The fourth-order valence-electron chi connectivity index (χ4n) is 1.59. The van der Waals surface area contributed by atoms with E-state index in [2.05, 4.69) is 0 Å². The van der Waals surface area contributed by atoms with Crippen LogP contribution in [0, 0.1) is 33.2 Å². The third kappa shape index (κ3) is 2.88. The Kier molecular flexibility index (Phi) is 4.49. The number of rotatable bonds is 5. The maximum atomic E-state index is 12.9. The highest BCUT2D eigenvalue weighted by Crippen LogP contribution is 2.24. The van der Waals surface area contributed by atoms with E-state index in [9.17, 15) is 19.3 Å². The first-order valence-corrected chi connectivity index (χ1v) is 5.39. The van der Waals surface area contributed by atoms with Crippen LogP contribution in [0.5, 0.6) is 0 Å². The molecule has 0 amide bonds. The molecule has 0 spiro atoms. The molecule has 6 heteroatoms. The SMILES string of the molecule is CCCC(C#N)C(=O)c1ccc(F)cc1[N+](=O)[O-]. The van der Waals surface area contributed by atoms with E-state index in [-0.39, 0.29) is 5.56 Å². The van der Waals surface area contributed by atoms with Crippen molar-refractivity contribution in [2.75, 3.05) is 0 Å². The van der Waals surface area contributed by atoms with E-state index >= 15 is 0 Å². The van der Waals surface area contributed by atoms with Gasteiger partial charge in [-0.05, 0) is 18.6 Å². The summed E-state index contributed by atoms with van der Waals surface area (Å²) in [4.78, 5) is 21.9. The van der Waals surface area contributed by atoms with Gasteiger partial charge in [0.2, 0.25) is 0 Å². The first-order valence-electron chi connectivity index (χ1n) is 5.39. The molecule has 0 aliphatic heterocycles. The normalized spacial score (nSPS) is 11.6. The summed E-state index contributed by atoms with van der Waals surface area (Å²) in [6.07, 6.45) is 0.933. The van der Waals surface area contributed by atoms with Crippen molar-refractivity contribution in [2.24, 2.45) is 5.92 Å². The number of nitrogens with zero attached hydrogens (tertiary/aromatic N) is 2. The lowest BCUT2D eigenvalue weighted by Crippen LogP contribution is -2.14. The third-order valence-corrected chi connectivity index (χ3v) is 2.47. The number of halogens is 1. The maximum Gasteiger partial charge on any atom is 0.283 e. The second-order valence-electron chi connectivity index (χ2n) is 3.75. The lowest BCUT2D eigenvalue weighted by atomic mass is 9.94. The van der Waals surface area contributed by atoms with Crippen LogP contribution in [0.2, 0.25) is 0 Å². The molecule has 0 aliphatic carbocycles. The van der Waals surface area contributed by atoms with Gasteiger partial charge in [-0.3, -0.25) is 14.9 Å². The minimum absolute atomic E-state index is 0.221. The Morgan fingerprint density at radius 2 is 2.28 bits per heavy atom. The highest BCUT2D eigenvalue weighted by Gasteiger charge is 2.26. The quantitative estimate of drug-likeness (QED) is 0.457. The number of benzene rings is 1. The Hall–Kier alpha value is -2.29. The molecule has 1 aromatic rings. The van der Waals surface area contributed by atoms with Crippen molar-refractivity contribution >= 4 is 11.5 Å². The average Bonchev–Trinajstić information content (AvgIpc) is 2.35. The zero-order chi connectivity index (χ0) is 13.7. The number of Topliss-reactive ketones (excluding diaryl/α,β-unsaturated/α-hetero) is 1. The van der Waals surface area contributed by atoms with Gasteiger partial charge in [-0.25, -0.2) is 4.39 Å². The van der Waals surface area contributed by atoms with Crippen LogP contribution in [0.4, 0.5) is 10.1 Å². The number of hydrogen-bond acceptors (Lipinski definition) is 4. The predicted molar refractivity (Wildman–Crippen MR) is 61.4 cm³/mol. The lowest BCUT2D eigenvalue weighted by Gasteiger charge is -2.07. The van der Waals surface area contributed by atoms with E-state index in [1.807, 2.05) is 6.07 Å². The van der Waals surface area contributed by atoms with Gasteiger partial charge in [-0.15, -0.1) is 0 Å². The average molecular weight is 250 g/mol. The molecule has 0 fully saturated rings. The van der Waals surface area contributed by atoms with Gasteiger partial charge in [0, 0.05) is 0 Å². The zero-order valence-electron chi connectivity index (χ0n) is 9.72. The topological polar surface area (TPSA) is 84.0 Å². The molecular weight excluding hydrogens is 239 g/mol. The predicted octanol–water partition coefficient (Wildman–Crippen LogP) is 2.86. The third-order valence-electron chi connectivity index (χ3n) is 2.47. The van der Waals surface area contributed by atoms with Crippen LogP contribution in [-0.2, 0) is 0 Å². The van der Waals surface area contributed by atoms with Crippen LogP contribution in [0.15, 0.2) is 18.2 Å². The first kappa shape index (κ1) is 13.8. The van der Waals surface area contributed by atoms with E-state index < -0.39 is 28.1 Å². The van der Waals surface area contributed by atoms with Crippen molar-refractivity contribution in [1.29, 1.82) is 5.26 Å². The van der Waals surface area contributed by atoms with Crippen molar-refractivity contribution in [3.63, 3.8) is 0 Å². The van der Waals surface area contributed by atoms with Crippen LogP contribution in [-0.4, -0.2) is 10.7 Å². The van der Waals surface area contributed by atoms with Gasteiger partial charge < -0.3 is 0 Å². The largest absolute Gasteiger partial charge is 0.292 e. The fourth-order valence-corrected chi connectivity index (χ4v) is 1.59. The Bertz CT molecular complexity index is 523. The molecule has 0 aromatic heterocycles. The Morgan fingerprint density at radius 3 is 2.78 bits per heavy atom. The summed E-state index contributed by atoms with van der Waals surface area (Å²) < 4.78 is 12.9. The second kappa shape index (κ2) is 5.87. The zero-order valence-corrected chi connectivity index (χ0v) is 9.72. The first-order chi connectivity index (χ1) is 8.51. The molecule has 0 saturated heterocycles. The molecule has 0 heterocycles. The van der Waals surface area contributed by atoms with Gasteiger partial charge in [0.05, 0.1) is 22.6 Å². The van der Waals surface area contributed by atoms with Crippen molar-refractivity contribution in [3.8, 4) is 6.07 Å². The van der Waals surface area contributed by atoms with Gasteiger partial charge in [0.25, 0.3) is 5.69 Å². The molecule has 0 saturated carbocycles. The summed E-state index contributed by atoms with van der Waals surface area (Å²) in [5.74, 6) is -2.35. The van der Waals surface area contributed by atoms with Crippen molar-refractivity contribution < 1.29 is 14.1 Å². The minimum atomic E-state index is -0.931. The van der Waals surface area contributed by atoms with E-state index in [0.29, 0.717) is 18.9 Å². The second-order valence-corrected chi connectivity index (χ2v) is 3.75. The minimum Gasteiger partial charge on any atom is -0.292 e. The maximum absolute atomic E-state index is 12.9. The Morgan fingerprint density at radius 1 is 1.61 bits per heavy atom. The molecule has 1 unspecified atom stereocenters. The molecule has 18 heavy (non-hydrogen) atoms. The van der Waals surface area contributed by atoms with Crippen LogP contribution in [0.25, 0.3) is 0 Å². The van der Waals surface area contributed by atoms with Gasteiger partial charge >= 0.3 is 0 Å². The number of ketones is 1. The molecule has 5 nitrogen and oxygen atoms in total. The van der Waals surface area contributed by atoms with Crippen LogP contribution < -0.4 is 0 Å². The molecule has 1 atom stereocenters. The van der Waals surface area contributed by atoms with Crippen molar-refractivity contribution in [2.45, 2.75) is 19.8 Å². The van der Waals surface area contributed by atoms with E-state index in [1.165, 1.54) is 0 Å². The van der Waals surface area contributed by atoms with Gasteiger partial charge in [-0.2, -0.15) is 5.26 Å². The lowest BCUT2D eigenvalue weighted by molar-refractivity contribution is -0.385. The summed E-state index contributed by atoms with van der Waals surface area (Å²) in [6.45, 7) is 1.80.